The summed E-state index contributed by atoms with van der Waals surface area (Å²) in [5.41, 5.74) is 11.5. The molecule has 164 valence electrons. The van der Waals surface area contributed by atoms with Crippen molar-refractivity contribution in [1.29, 1.82) is 0 Å². The van der Waals surface area contributed by atoms with Gasteiger partial charge in [-0.3, -0.25) is 14.6 Å². The van der Waals surface area contributed by atoms with E-state index >= 15 is 0 Å². The summed E-state index contributed by atoms with van der Waals surface area (Å²) in [7, 11) is 0. The summed E-state index contributed by atoms with van der Waals surface area (Å²) < 4.78 is 0. The van der Waals surface area contributed by atoms with Gasteiger partial charge in [-0.1, -0.05) is 48.5 Å². The monoisotopic (exact) mass is 436 g/mol. The molecular formula is C27H24N4O2. The lowest BCUT2D eigenvalue weighted by Gasteiger charge is -2.11. The molecule has 1 aromatic heterocycles. The smallest absolute Gasteiger partial charge is 0.255 e. The molecule has 0 atom stereocenters. The van der Waals surface area contributed by atoms with Crippen molar-refractivity contribution in [3.63, 3.8) is 0 Å². The van der Waals surface area contributed by atoms with Gasteiger partial charge >= 0.3 is 0 Å². The molecule has 6 heteroatoms. The molecule has 4 N–H and O–H groups in total. The lowest BCUT2D eigenvalue weighted by Crippen LogP contribution is -2.24. The SMILES string of the molecule is Nc1ccc(-c2ccccc2)cc1NC(=O)c1ccc(CNC(=O)Cc2ccncc2)cc1. The zero-order valence-corrected chi connectivity index (χ0v) is 18.0. The molecule has 0 fully saturated rings. The topological polar surface area (TPSA) is 97.1 Å². The van der Waals surface area contributed by atoms with Crippen LogP contribution in [0, 0.1) is 0 Å². The number of nitrogens with one attached hydrogen (secondary N) is 2. The predicted octanol–water partition coefficient (Wildman–Crippen LogP) is 4.44. The van der Waals surface area contributed by atoms with Crippen molar-refractivity contribution in [3.8, 4) is 11.1 Å². The van der Waals surface area contributed by atoms with Gasteiger partial charge in [-0.15, -0.1) is 0 Å². The maximum absolute atomic E-state index is 12.8. The van der Waals surface area contributed by atoms with Crippen LogP contribution in [0.15, 0.2) is 97.3 Å². The van der Waals surface area contributed by atoms with E-state index < -0.39 is 0 Å². The number of nitrogens with two attached hydrogens (primary N) is 1. The first-order valence-electron chi connectivity index (χ1n) is 10.6. The number of carbonyl (C=O) groups is 2. The molecule has 1 heterocycles. The summed E-state index contributed by atoms with van der Waals surface area (Å²) in [5, 5.41) is 5.78. The van der Waals surface area contributed by atoms with Gasteiger partial charge in [-0.05, 0) is 58.7 Å². The van der Waals surface area contributed by atoms with Crippen LogP contribution in [-0.2, 0) is 17.8 Å². The van der Waals surface area contributed by atoms with Gasteiger partial charge < -0.3 is 16.4 Å². The minimum absolute atomic E-state index is 0.0724. The van der Waals surface area contributed by atoms with Gasteiger partial charge in [-0.25, -0.2) is 0 Å². The second-order valence-corrected chi connectivity index (χ2v) is 7.63. The second-order valence-electron chi connectivity index (χ2n) is 7.63. The molecule has 4 rings (SSSR count). The first-order valence-corrected chi connectivity index (χ1v) is 10.6. The fourth-order valence-corrected chi connectivity index (χ4v) is 3.39. The molecule has 0 aliphatic rings. The van der Waals surface area contributed by atoms with Crippen molar-refractivity contribution in [2.24, 2.45) is 0 Å². The molecule has 0 unspecified atom stereocenters. The van der Waals surface area contributed by atoms with E-state index in [1.807, 2.05) is 66.7 Å². The van der Waals surface area contributed by atoms with Crippen LogP contribution in [0.3, 0.4) is 0 Å². The minimum atomic E-state index is -0.250. The normalized spacial score (nSPS) is 10.4. The van der Waals surface area contributed by atoms with Crippen LogP contribution in [0.4, 0.5) is 11.4 Å². The summed E-state index contributed by atoms with van der Waals surface area (Å²) in [4.78, 5) is 28.8. The Morgan fingerprint density at radius 1 is 0.788 bits per heavy atom. The number of hydrogen-bond acceptors (Lipinski definition) is 4. The first-order chi connectivity index (χ1) is 16.1. The molecule has 33 heavy (non-hydrogen) atoms. The Morgan fingerprint density at radius 2 is 1.52 bits per heavy atom. The lowest BCUT2D eigenvalue weighted by atomic mass is 10.0. The average Bonchev–Trinajstić information content (AvgIpc) is 2.85. The largest absolute Gasteiger partial charge is 0.397 e. The minimum Gasteiger partial charge on any atom is -0.397 e. The Bertz CT molecular complexity index is 1240. The Balaban J connectivity index is 1.36. The summed E-state index contributed by atoms with van der Waals surface area (Å²) in [5.74, 6) is -0.322. The molecule has 0 radical (unpaired) electrons. The van der Waals surface area contributed by atoms with Gasteiger partial charge in [0.2, 0.25) is 5.91 Å². The molecule has 2 amide bonds. The predicted molar refractivity (Wildman–Crippen MR) is 130 cm³/mol. The maximum Gasteiger partial charge on any atom is 0.255 e. The molecule has 4 aromatic rings. The Hall–Kier alpha value is -4.45. The van der Waals surface area contributed by atoms with E-state index in [1.165, 1.54) is 0 Å². The van der Waals surface area contributed by atoms with E-state index in [0.29, 0.717) is 29.9 Å². The van der Waals surface area contributed by atoms with E-state index in [4.69, 9.17) is 5.73 Å². The summed E-state index contributed by atoms with van der Waals surface area (Å²) >= 11 is 0. The Labute approximate surface area is 192 Å². The molecular weight excluding hydrogens is 412 g/mol. The number of hydrogen-bond donors (Lipinski definition) is 3. The van der Waals surface area contributed by atoms with Gasteiger partial charge in [0.25, 0.3) is 5.91 Å². The van der Waals surface area contributed by atoms with Crippen molar-refractivity contribution in [3.05, 3.63) is 114 Å². The van der Waals surface area contributed by atoms with Crippen LogP contribution in [0.5, 0.6) is 0 Å². The fourth-order valence-electron chi connectivity index (χ4n) is 3.39. The summed E-state index contributed by atoms with van der Waals surface area (Å²) in [6, 6.07) is 26.2. The van der Waals surface area contributed by atoms with Crippen LogP contribution in [0.25, 0.3) is 11.1 Å². The van der Waals surface area contributed by atoms with Gasteiger partial charge in [0.05, 0.1) is 17.8 Å². The number of benzene rings is 3. The number of pyridine rings is 1. The van der Waals surface area contributed by atoms with E-state index in [9.17, 15) is 9.59 Å². The number of amides is 2. The van der Waals surface area contributed by atoms with Crippen molar-refractivity contribution >= 4 is 23.2 Å². The summed E-state index contributed by atoms with van der Waals surface area (Å²) in [6.45, 7) is 0.387. The highest BCUT2D eigenvalue weighted by atomic mass is 16.2. The Morgan fingerprint density at radius 3 is 2.24 bits per heavy atom. The summed E-state index contributed by atoms with van der Waals surface area (Å²) in [6.07, 6.45) is 3.63. The van der Waals surface area contributed by atoms with Crippen LogP contribution in [-0.4, -0.2) is 16.8 Å². The highest BCUT2D eigenvalue weighted by molar-refractivity contribution is 6.06. The van der Waals surface area contributed by atoms with Gasteiger partial charge in [0.1, 0.15) is 0 Å². The number of nitrogen functional groups attached to an aromatic ring is 1. The highest BCUT2D eigenvalue weighted by Crippen LogP contribution is 2.27. The van der Waals surface area contributed by atoms with Crippen molar-refractivity contribution in [2.45, 2.75) is 13.0 Å². The fraction of sp³-hybridized carbons (Fsp3) is 0.0741. The highest BCUT2D eigenvalue weighted by Gasteiger charge is 2.10. The zero-order chi connectivity index (χ0) is 23.0. The quantitative estimate of drug-likeness (QED) is 0.373. The van der Waals surface area contributed by atoms with Crippen LogP contribution < -0.4 is 16.4 Å². The van der Waals surface area contributed by atoms with Crippen LogP contribution in [0.2, 0.25) is 0 Å². The van der Waals surface area contributed by atoms with Crippen molar-refractivity contribution < 1.29 is 9.59 Å². The zero-order valence-electron chi connectivity index (χ0n) is 18.0. The van der Waals surface area contributed by atoms with Gasteiger partial charge in [0, 0.05) is 24.5 Å². The standard InChI is InChI=1S/C27H24N4O2/c28-24-11-10-23(21-4-2-1-3-5-21)17-25(24)31-27(33)22-8-6-20(7-9-22)18-30-26(32)16-19-12-14-29-15-13-19/h1-15,17H,16,18,28H2,(H,30,32)(H,31,33). The van der Waals surface area contributed by atoms with Gasteiger partial charge in [-0.2, -0.15) is 0 Å². The van der Waals surface area contributed by atoms with E-state index in [-0.39, 0.29) is 11.8 Å². The van der Waals surface area contributed by atoms with Gasteiger partial charge in [0.15, 0.2) is 0 Å². The number of anilines is 2. The Kier molecular flexibility index (Phi) is 6.75. The molecule has 0 saturated carbocycles. The van der Waals surface area contributed by atoms with E-state index in [2.05, 4.69) is 15.6 Å². The number of carbonyl (C=O) groups excluding carboxylic acids is 2. The molecule has 6 nitrogen and oxygen atoms in total. The molecule has 0 aliphatic heterocycles. The third kappa shape index (κ3) is 5.83. The van der Waals surface area contributed by atoms with Crippen molar-refractivity contribution in [2.75, 3.05) is 11.1 Å². The van der Waals surface area contributed by atoms with E-state index in [1.54, 1.807) is 30.6 Å². The van der Waals surface area contributed by atoms with E-state index in [0.717, 1.165) is 22.3 Å². The number of aromatic nitrogens is 1. The number of nitrogens with zero attached hydrogens (tertiary/aromatic N) is 1. The molecule has 0 bridgehead atoms. The molecule has 0 saturated heterocycles. The third-order valence-electron chi connectivity index (χ3n) is 5.23. The average molecular weight is 437 g/mol. The first kappa shape index (κ1) is 21.8. The number of rotatable bonds is 7. The van der Waals surface area contributed by atoms with Crippen molar-refractivity contribution in [1.82, 2.24) is 10.3 Å². The lowest BCUT2D eigenvalue weighted by molar-refractivity contribution is -0.120. The second kappa shape index (κ2) is 10.2. The maximum atomic E-state index is 12.8. The molecule has 3 aromatic carbocycles. The third-order valence-corrected chi connectivity index (χ3v) is 5.23. The van der Waals surface area contributed by atoms with Crippen LogP contribution in [0.1, 0.15) is 21.5 Å². The molecule has 0 aliphatic carbocycles. The van der Waals surface area contributed by atoms with Crippen LogP contribution >= 0.6 is 0 Å². The molecule has 0 spiro atoms.